The van der Waals surface area contributed by atoms with Crippen LogP contribution in [0.4, 0.5) is 0 Å². The molecule has 2 fully saturated rings. The highest BCUT2D eigenvalue weighted by Crippen LogP contribution is 2.20. The summed E-state index contributed by atoms with van der Waals surface area (Å²) in [7, 11) is -3.15. The molecule has 2 unspecified atom stereocenters. The smallest absolute Gasteiger partial charge is 0.226 e. The maximum atomic E-state index is 12.4. The standard InChI is InChI=1S/C13H25N3O3S.ClH/c1-20(18,19)15-8-11-4-3-7-16(10-11)13(17)12-5-2-6-14-9-12;/h11-12,14-15H,2-10H2,1H3;1H. The number of carbonyl (C=O) groups excluding carboxylic acids is 1. The van der Waals surface area contributed by atoms with Crippen molar-refractivity contribution in [1.29, 1.82) is 0 Å². The molecule has 0 saturated carbocycles. The first-order valence-corrected chi connectivity index (χ1v) is 9.29. The number of sulfonamides is 1. The lowest BCUT2D eigenvalue weighted by Gasteiger charge is -2.36. The molecule has 0 aromatic heterocycles. The van der Waals surface area contributed by atoms with E-state index in [0.717, 1.165) is 45.3 Å². The summed E-state index contributed by atoms with van der Waals surface area (Å²) in [5.41, 5.74) is 0. The van der Waals surface area contributed by atoms with Crippen molar-refractivity contribution >= 4 is 28.3 Å². The average Bonchev–Trinajstić information content (AvgIpc) is 2.45. The van der Waals surface area contributed by atoms with Crippen LogP contribution in [0.15, 0.2) is 0 Å². The molecule has 2 N–H and O–H groups in total. The summed E-state index contributed by atoms with van der Waals surface area (Å²) in [6.07, 6.45) is 5.14. The summed E-state index contributed by atoms with van der Waals surface area (Å²) >= 11 is 0. The zero-order valence-corrected chi connectivity index (χ0v) is 14.1. The monoisotopic (exact) mass is 339 g/mol. The van der Waals surface area contributed by atoms with Crippen LogP contribution >= 0.6 is 12.4 Å². The van der Waals surface area contributed by atoms with Crippen molar-refractivity contribution in [2.24, 2.45) is 11.8 Å². The number of carbonyl (C=O) groups is 1. The second-order valence-corrected chi connectivity index (χ2v) is 7.79. The Hall–Kier alpha value is -0.370. The molecule has 2 aliphatic rings. The van der Waals surface area contributed by atoms with E-state index in [1.165, 1.54) is 6.26 Å². The van der Waals surface area contributed by atoms with Gasteiger partial charge in [0.1, 0.15) is 0 Å². The van der Waals surface area contributed by atoms with E-state index in [2.05, 4.69) is 10.0 Å². The molecule has 8 heteroatoms. The summed E-state index contributed by atoms with van der Waals surface area (Å²) in [5, 5.41) is 3.27. The normalized spacial score (nSPS) is 27.0. The van der Waals surface area contributed by atoms with E-state index < -0.39 is 10.0 Å². The van der Waals surface area contributed by atoms with Crippen molar-refractivity contribution in [3.05, 3.63) is 0 Å². The van der Waals surface area contributed by atoms with Gasteiger partial charge in [0.15, 0.2) is 0 Å². The second-order valence-electron chi connectivity index (χ2n) is 5.96. The van der Waals surface area contributed by atoms with Gasteiger partial charge in [-0.3, -0.25) is 4.79 Å². The fourth-order valence-electron chi connectivity index (χ4n) is 3.02. The van der Waals surface area contributed by atoms with E-state index in [-0.39, 0.29) is 30.2 Å². The zero-order chi connectivity index (χ0) is 14.6. The number of hydrogen-bond acceptors (Lipinski definition) is 4. The van der Waals surface area contributed by atoms with Gasteiger partial charge in [0.25, 0.3) is 0 Å². The van der Waals surface area contributed by atoms with Crippen LogP contribution in [0.2, 0.25) is 0 Å². The van der Waals surface area contributed by atoms with Crippen LogP contribution in [0.3, 0.4) is 0 Å². The topological polar surface area (TPSA) is 78.5 Å². The lowest BCUT2D eigenvalue weighted by Crippen LogP contribution is -2.48. The summed E-state index contributed by atoms with van der Waals surface area (Å²) in [5.74, 6) is 0.575. The molecule has 124 valence electrons. The Morgan fingerprint density at radius 3 is 2.71 bits per heavy atom. The summed E-state index contributed by atoms with van der Waals surface area (Å²) in [6.45, 7) is 3.71. The first-order valence-electron chi connectivity index (χ1n) is 7.40. The Bertz CT molecular complexity index is 438. The highest BCUT2D eigenvalue weighted by molar-refractivity contribution is 7.88. The Kier molecular flexibility index (Phi) is 7.39. The molecule has 2 saturated heterocycles. The molecular weight excluding hydrogens is 314 g/mol. The third kappa shape index (κ3) is 6.10. The van der Waals surface area contributed by atoms with Gasteiger partial charge < -0.3 is 10.2 Å². The number of amides is 1. The van der Waals surface area contributed by atoms with E-state index >= 15 is 0 Å². The van der Waals surface area contributed by atoms with Gasteiger partial charge >= 0.3 is 0 Å². The molecule has 0 spiro atoms. The molecule has 2 atom stereocenters. The maximum Gasteiger partial charge on any atom is 0.226 e. The van der Waals surface area contributed by atoms with Crippen molar-refractivity contribution in [1.82, 2.24) is 14.9 Å². The third-order valence-corrected chi connectivity index (χ3v) is 4.80. The van der Waals surface area contributed by atoms with Crippen LogP contribution in [0.25, 0.3) is 0 Å². The van der Waals surface area contributed by atoms with Crippen molar-refractivity contribution in [2.45, 2.75) is 25.7 Å². The Balaban J connectivity index is 0.00000220. The van der Waals surface area contributed by atoms with Crippen molar-refractivity contribution in [3.8, 4) is 0 Å². The van der Waals surface area contributed by atoms with E-state index in [1.54, 1.807) is 0 Å². The molecule has 6 nitrogen and oxygen atoms in total. The lowest BCUT2D eigenvalue weighted by atomic mass is 9.94. The van der Waals surface area contributed by atoms with Crippen LogP contribution in [-0.2, 0) is 14.8 Å². The molecule has 0 radical (unpaired) electrons. The van der Waals surface area contributed by atoms with Gasteiger partial charge in [0.05, 0.1) is 12.2 Å². The van der Waals surface area contributed by atoms with E-state index in [1.807, 2.05) is 4.90 Å². The minimum atomic E-state index is -3.15. The second kappa shape index (κ2) is 8.31. The number of nitrogens with zero attached hydrogens (tertiary/aromatic N) is 1. The van der Waals surface area contributed by atoms with Crippen LogP contribution in [0.5, 0.6) is 0 Å². The van der Waals surface area contributed by atoms with Gasteiger partial charge in [-0.05, 0) is 38.1 Å². The number of rotatable bonds is 4. The lowest BCUT2D eigenvalue weighted by molar-refractivity contribution is -0.137. The fourth-order valence-corrected chi connectivity index (χ4v) is 3.56. The van der Waals surface area contributed by atoms with Gasteiger partial charge in [0, 0.05) is 26.2 Å². The van der Waals surface area contributed by atoms with Crippen LogP contribution in [0.1, 0.15) is 25.7 Å². The van der Waals surface area contributed by atoms with Crippen LogP contribution < -0.4 is 10.0 Å². The van der Waals surface area contributed by atoms with Crippen LogP contribution in [0, 0.1) is 11.8 Å². The molecule has 2 rings (SSSR count). The zero-order valence-electron chi connectivity index (χ0n) is 12.5. The third-order valence-electron chi connectivity index (χ3n) is 4.11. The highest BCUT2D eigenvalue weighted by atomic mass is 35.5. The number of likely N-dealkylation sites (tertiary alicyclic amines) is 1. The van der Waals surface area contributed by atoms with E-state index in [4.69, 9.17) is 0 Å². The molecule has 2 heterocycles. The van der Waals surface area contributed by atoms with Crippen LogP contribution in [-0.4, -0.2) is 58.2 Å². The first-order chi connectivity index (χ1) is 9.46. The van der Waals surface area contributed by atoms with Crippen molar-refractivity contribution in [3.63, 3.8) is 0 Å². The molecule has 0 aromatic rings. The summed E-state index contributed by atoms with van der Waals surface area (Å²) in [4.78, 5) is 14.4. The molecular formula is C13H26ClN3O3S. The number of piperidine rings is 2. The Labute approximate surface area is 133 Å². The van der Waals surface area contributed by atoms with E-state index in [0.29, 0.717) is 13.1 Å². The summed E-state index contributed by atoms with van der Waals surface area (Å²) in [6, 6.07) is 0. The van der Waals surface area contributed by atoms with Gasteiger partial charge in [0.2, 0.25) is 15.9 Å². The van der Waals surface area contributed by atoms with Crippen molar-refractivity contribution in [2.75, 3.05) is 39.0 Å². The Morgan fingerprint density at radius 2 is 2.10 bits per heavy atom. The number of nitrogens with one attached hydrogen (secondary N) is 2. The minimum absolute atomic E-state index is 0. The average molecular weight is 340 g/mol. The van der Waals surface area contributed by atoms with Gasteiger partial charge in [-0.25, -0.2) is 13.1 Å². The predicted octanol–water partition coefficient (Wildman–Crippen LogP) is 0.196. The quantitative estimate of drug-likeness (QED) is 0.766. The minimum Gasteiger partial charge on any atom is -0.342 e. The molecule has 0 aromatic carbocycles. The largest absolute Gasteiger partial charge is 0.342 e. The van der Waals surface area contributed by atoms with Gasteiger partial charge in [-0.2, -0.15) is 0 Å². The van der Waals surface area contributed by atoms with Gasteiger partial charge in [-0.15, -0.1) is 12.4 Å². The van der Waals surface area contributed by atoms with Gasteiger partial charge in [-0.1, -0.05) is 0 Å². The first kappa shape index (κ1) is 18.7. The Morgan fingerprint density at radius 1 is 1.33 bits per heavy atom. The molecule has 21 heavy (non-hydrogen) atoms. The highest BCUT2D eigenvalue weighted by Gasteiger charge is 2.29. The molecule has 2 aliphatic heterocycles. The maximum absolute atomic E-state index is 12.4. The number of halogens is 1. The predicted molar refractivity (Wildman–Crippen MR) is 85.0 cm³/mol. The molecule has 1 amide bonds. The molecule has 0 bridgehead atoms. The fraction of sp³-hybridized carbons (Fsp3) is 0.923. The number of hydrogen-bond donors (Lipinski definition) is 2. The van der Waals surface area contributed by atoms with Crippen molar-refractivity contribution < 1.29 is 13.2 Å². The van der Waals surface area contributed by atoms with E-state index in [9.17, 15) is 13.2 Å². The SMILES string of the molecule is CS(=O)(=O)NCC1CCCN(C(=O)C2CCCNC2)C1.Cl. The molecule has 0 aliphatic carbocycles. The summed E-state index contributed by atoms with van der Waals surface area (Å²) < 4.78 is 24.8.